The molecule has 0 heterocycles. The Morgan fingerprint density at radius 2 is 0.534 bits per heavy atom. The molecule has 0 aliphatic heterocycles. The smallest absolute Gasteiger partial charge is 0.306 e. The number of hydrogen-bond donors (Lipinski definition) is 0. The first-order chi connectivity index (χ1) is 36.0. The van der Waals surface area contributed by atoms with Crippen LogP contribution >= 0.6 is 0 Å². The van der Waals surface area contributed by atoms with Gasteiger partial charge in [0.1, 0.15) is 13.2 Å². The average Bonchev–Trinajstić information content (AvgIpc) is 3.39. The molecule has 0 spiro atoms. The van der Waals surface area contributed by atoms with Gasteiger partial charge in [-0.05, 0) is 122 Å². The first-order valence-corrected chi connectivity index (χ1v) is 30.7. The first kappa shape index (κ1) is 69.3. The summed E-state index contributed by atoms with van der Waals surface area (Å²) >= 11 is 0. The van der Waals surface area contributed by atoms with E-state index in [-0.39, 0.29) is 31.1 Å². The Morgan fingerprint density at radius 3 is 0.836 bits per heavy atom. The molecule has 0 aliphatic rings. The van der Waals surface area contributed by atoms with Gasteiger partial charge in [-0.15, -0.1) is 0 Å². The van der Waals surface area contributed by atoms with Crippen LogP contribution in [0.4, 0.5) is 0 Å². The SMILES string of the molecule is CC/C=C\C/C=C\C/C=C\C/C=C\CCCCCCCCCCCCC(=O)OCC(COC(=O)CCCCCCC/C=C\C/C=C\CCCCC)OC(=O)CCCCCCCCC/C=C\C/C=C\CCCCC. The van der Waals surface area contributed by atoms with Crippen LogP contribution in [-0.2, 0) is 28.6 Å². The lowest BCUT2D eigenvalue weighted by atomic mass is 10.1. The number of carbonyl (C=O) groups is 3. The molecule has 0 aromatic rings. The van der Waals surface area contributed by atoms with Gasteiger partial charge in [-0.3, -0.25) is 14.4 Å². The standard InChI is InChI=1S/C67H114O6/c1-4-7-10-13-16-19-22-25-28-30-31-32-33-34-35-37-39-42-45-48-51-54-57-60-66(69)72-63-64(62-71-65(68)59-56-53-50-47-44-41-38-27-24-21-18-15-12-9-6-3)73-67(70)61-58-55-52-49-46-43-40-36-29-26-23-20-17-14-11-8-5-2/h7,10,16-21,25-29,31-32,38,64H,4-6,8-9,11-15,22-24,30,33-37,39-63H2,1-3H3/b10-7-,19-16-,20-17-,21-18-,28-25-,29-26-,32-31-,38-27-. The summed E-state index contributed by atoms with van der Waals surface area (Å²) in [5.74, 6) is -0.906. The van der Waals surface area contributed by atoms with Gasteiger partial charge < -0.3 is 14.2 Å². The molecular formula is C67H114O6. The summed E-state index contributed by atoms with van der Waals surface area (Å²) in [4.78, 5) is 38.3. The van der Waals surface area contributed by atoms with Crippen molar-refractivity contribution in [3.63, 3.8) is 0 Å². The van der Waals surface area contributed by atoms with Gasteiger partial charge in [-0.1, -0.05) is 246 Å². The minimum Gasteiger partial charge on any atom is -0.462 e. The first-order valence-electron chi connectivity index (χ1n) is 30.7. The molecule has 73 heavy (non-hydrogen) atoms. The lowest BCUT2D eigenvalue weighted by Crippen LogP contribution is -2.30. The molecule has 6 nitrogen and oxygen atoms in total. The number of rotatable bonds is 55. The molecule has 1 unspecified atom stereocenters. The maximum Gasteiger partial charge on any atom is 0.306 e. The van der Waals surface area contributed by atoms with Crippen LogP contribution in [0.3, 0.4) is 0 Å². The normalized spacial score (nSPS) is 12.8. The minimum atomic E-state index is -0.791. The van der Waals surface area contributed by atoms with Crippen LogP contribution < -0.4 is 0 Å². The van der Waals surface area contributed by atoms with Crippen molar-refractivity contribution < 1.29 is 28.6 Å². The quantitative estimate of drug-likeness (QED) is 0.0261. The van der Waals surface area contributed by atoms with Gasteiger partial charge in [0.2, 0.25) is 0 Å². The topological polar surface area (TPSA) is 78.9 Å². The van der Waals surface area contributed by atoms with E-state index >= 15 is 0 Å². The molecule has 0 saturated carbocycles. The third kappa shape index (κ3) is 59.1. The van der Waals surface area contributed by atoms with Gasteiger partial charge in [0.05, 0.1) is 0 Å². The van der Waals surface area contributed by atoms with Crippen molar-refractivity contribution in [3.8, 4) is 0 Å². The number of esters is 3. The molecule has 418 valence electrons. The average molecular weight is 1020 g/mol. The van der Waals surface area contributed by atoms with E-state index in [4.69, 9.17) is 14.2 Å². The largest absolute Gasteiger partial charge is 0.462 e. The molecule has 0 radical (unpaired) electrons. The molecule has 1 atom stereocenters. The summed E-state index contributed by atoms with van der Waals surface area (Å²) in [7, 11) is 0. The Bertz CT molecular complexity index is 1440. The van der Waals surface area contributed by atoms with E-state index in [1.54, 1.807) is 0 Å². The fourth-order valence-corrected chi connectivity index (χ4v) is 8.44. The molecular weight excluding hydrogens is 901 g/mol. The number of ether oxygens (including phenoxy) is 3. The number of unbranched alkanes of at least 4 members (excludes halogenated alkanes) is 28. The maximum absolute atomic E-state index is 12.9. The summed E-state index contributed by atoms with van der Waals surface area (Å²) in [6.07, 6.45) is 81.1. The number of hydrogen-bond acceptors (Lipinski definition) is 6. The molecule has 0 aliphatic carbocycles. The second kappa shape index (κ2) is 60.9. The second-order valence-corrected chi connectivity index (χ2v) is 20.2. The van der Waals surface area contributed by atoms with Crippen LogP contribution in [0, 0.1) is 0 Å². The van der Waals surface area contributed by atoms with Crippen LogP contribution in [0.5, 0.6) is 0 Å². The summed E-state index contributed by atoms with van der Waals surface area (Å²) < 4.78 is 16.9. The predicted octanol–water partition coefficient (Wildman–Crippen LogP) is 20.9. The molecule has 0 aromatic carbocycles. The zero-order valence-corrected chi connectivity index (χ0v) is 47.9. The van der Waals surface area contributed by atoms with E-state index in [0.29, 0.717) is 19.3 Å². The summed E-state index contributed by atoms with van der Waals surface area (Å²) in [6.45, 7) is 6.47. The Hall–Kier alpha value is -3.67. The minimum absolute atomic E-state index is 0.0874. The fraction of sp³-hybridized carbons (Fsp3) is 0.716. The van der Waals surface area contributed by atoms with Crippen LogP contribution in [0.1, 0.15) is 290 Å². The second-order valence-electron chi connectivity index (χ2n) is 20.2. The van der Waals surface area contributed by atoms with Crippen LogP contribution in [0.15, 0.2) is 97.2 Å². The van der Waals surface area contributed by atoms with Crippen molar-refractivity contribution >= 4 is 17.9 Å². The Kier molecular flexibility index (Phi) is 57.8. The predicted molar refractivity (Wildman–Crippen MR) is 316 cm³/mol. The highest BCUT2D eigenvalue weighted by Gasteiger charge is 2.19. The summed E-state index contributed by atoms with van der Waals surface area (Å²) in [5.41, 5.74) is 0. The lowest BCUT2D eigenvalue weighted by Gasteiger charge is -2.18. The zero-order chi connectivity index (χ0) is 52.9. The molecule has 0 rings (SSSR count). The molecule has 0 fully saturated rings. The molecule has 0 amide bonds. The lowest BCUT2D eigenvalue weighted by molar-refractivity contribution is -0.167. The van der Waals surface area contributed by atoms with Gasteiger partial charge >= 0.3 is 17.9 Å². The highest BCUT2D eigenvalue weighted by molar-refractivity contribution is 5.71. The van der Waals surface area contributed by atoms with E-state index in [1.807, 2.05) is 0 Å². The van der Waals surface area contributed by atoms with Crippen molar-refractivity contribution in [3.05, 3.63) is 97.2 Å². The van der Waals surface area contributed by atoms with Gasteiger partial charge in [-0.2, -0.15) is 0 Å². The molecule has 0 aromatic heterocycles. The summed E-state index contributed by atoms with van der Waals surface area (Å²) in [5, 5.41) is 0. The Labute approximate surface area is 451 Å². The molecule has 6 heteroatoms. The van der Waals surface area contributed by atoms with Crippen LogP contribution in [0.2, 0.25) is 0 Å². The van der Waals surface area contributed by atoms with E-state index in [9.17, 15) is 14.4 Å². The van der Waals surface area contributed by atoms with Crippen molar-refractivity contribution in [1.29, 1.82) is 0 Å². The fourth-order valence-electron chi connectivity index (χ4n) is 8.44. The van der Waals surface area contributed by atoms with Crippen molar-refractivity contribution in [2.45, 2.75) is 297 Å². The molecule has 0 N–H and O–H groups in total. The van der Waals surface area contributed by atoms with Crippen molar-refractivity contribution in [2.24, 2.45) is 0 Å². The maximum atomic E-state index is 12.9. The highest BCUT2D eigenvalue weighted by atomic mass is 16.6. The third-order valence-electron chi connectivity index (χ3n) is 13.0. The number of carbonyl (C=O) groups excluding carboxylic acids is 3. The molecule has 0 bridgehead atoms. The van der Waals surface area contributed by atoms with Crippen LogP contribution in [-0.4, -0.2) is 37.2 Å². The third-order valence-corrected chi connectivity index (χ3v) is 13.0. The van der Waals surface area contributed by atoms with Crippen molar-refractivity contribution in [2.75, 3.05) is 13.2 Å². The van der Waals surface area contributed by atoms with Gasteiger partial charge in [0.25, 0.3) is 0 Å². The van der Waals surface area contributed by atoms with E-state index in [2.05, 4.69) is 118 Å². The van der Waals surface area contributed by atoms with E-state index < -0.39 is 6.10 Å². The highest BCUT2D eigenvalue weighted by Crippen LogP contribution is 2.15. The van der Waals surface area contributed by atoms with Gasteiger partial charge in [0, 0.05) is 19.3 Å². The van der Waals surface area contributed by atoms with Crippen LogP contribution in [0.25, 0.3) is 0 Å². The Balaban J connectivity index is 4.38. The summed E-state index contributed by atoms with van der Waals surface area (Å²) in [6, 6.07) is 0. The monoisotopic (exact) mass is 1010 g/mol. The van der Waals surface area contributed by atoms with Crippen molar-refractivity contribution in [1.82, 2.24) is 0 Å². The van der Waals surface area contributed by atoms with Gasteiger partial charge in [-0.25, -0.2) is 0 Å². The molecule has 0 saturated heterocycles. The number of allylic oxidation sites excluding steroid dienone is 16. The van der Waals surface area contributed by atoms with Gasteiger partial charge in [0.15, 0.2) is 6.10 Å². The Morgan fingerprint density at radius 1 is 0.288 bits per heavy atom. The van der Waals surface area contributed by atoms with E-state index in [1.165, 1.54) is 128 Å². The zero-order valence-electron chi connectivity index (χ0n) is 47.9. The van der Waals surface area contributed by atoms with E-state index in [0.717, 1.165) is 122 Å².